The number of aliphatic hydroxyl groups excluding tert-OH is 2. The zero-order valence-electron chi connectivity index (χ0n) is 19.5. The zero-order chi connectivity index (χ0) is 24.6. The van der Waals surface area contributed by atoms with E-state index >= 15 is 0 Å². The Bertz CT molecular complexity index is 1090. The number of hydrogen-bond donors (Lipinski definition) is 3. The van der Waals surface area contributed by atoms with Gasteiger partial charge in [0.2, 0.25) is 5.28 Å². The van der Waals surface area contributed by atoms with Crippen molar-refractivity contribution >= 4 is 36.4 Å². The van der Waals surface area contributed by atoms with Crippen LogP contribution in [0.3, 0.4) is 0 Å². The van der Waals surface area contributed by atoms with Crippen LogP contribution in [0.15, 0.2) is 6.33 Å². The minimum atomic E-state index is -3.98. The van der Waals surface area contributed by atoms with Gasteiger partial charge in [-0.25, -0.2) is 9.55 Å². The number of fused-ring (bicyclic) bond motifs is 2. The molecule has 0 aliphatic heterocycles. The van der Waals surface area contributed by atoms with Crippen molar-refractivity contribution in [2.45, 2.75) is 77.4 Å². The van der Waals surface area contributed by atoms with Crippen LogP contribution in [0.2, 0.25) is 5.28 Å². The summed E-state index contributed by atoms with van der Waals surface area (Å²) in [5.41, 5.74) is 4.23. The summed E-state index contributed by atoms with van der Waals surface area (Å²) in [5, 5.41) is 21.8. The molecule has 2 aliphatic carbocycles. The molecule has 4 N–H and O–H groups in total. The number of phosphoric acid groups is 1. The van der Waals surface area contributed by atoms with Crippen molar-refractivity contribution < 1.29 is 28.3 Å². The highest BCUT2D eigenvalue weighted by molar-refractivity contribution is 7.48. The average Bonchev–Trinajstić information content (AvgIpc) is 3.13. The maximum absolute atomic E-state index is 13.4. The number of anilines is 1. The van der Waals surface area contributed by atoms with Gasteiger partial charge in [-0.05, 0) is 65.5 Å². The van der Waals surface area contributed by atoms with Gasteiger partial charge in [-0.3, -0.25) is 13.6 Å². The third kappa shape index (κ3) is 4.65. The number of nitrogens with zero attached hydrogens (tertiary/aromatic N) is 4. The fourth-order valence-corrected chi connectivity index (χ4v) is 6.65. The number of nitrogen functional groups attached to an aromatic ring is 1. The van der Waals surface area contributed by atoms with Crippen LogP contribution in [-0.2, 0) is 18.1 Å². The van der Waals surface area contributed by atoms with Crippen molar-refractivity contribution in [1.29, 1.82) is 0 Å². The second-order valence-corrected chi connectivity index (χ2v) is 12.7. The second-order valence-electron chi connectivity index (χ2n) is 10.8. The number of halogens is 1. The molecular formula is C20H31ClN5O6P. The molecule has 5 atom stereocenters. The minimum Gasteiger partial charge on any atom is -0.390 e. The number of hydrogen-bond acceptors (Lipinski definition) is 10. The maximum atomic E-state index is 13.4. The van der Waals surface area contributed by atoms with E-state index in [1.165, 1.54) is 6.33 Å². The molecule has 0 saturated heterocycles. The highest BCUT2D eigenvalue weighted by Crippen LogP contribution is 2.69. The van der Waals surface area contributed by atoms with E-state index in [4.69, 9.17) is 30.9 Å². The highest BCUT2D eigenvalue weighted by Gasteiger charge is 2.72. The van der Waals surface area contributed by atoms with Gasteiger partial charge < -0.3 is 20.5 Å². The molecule has 4 rings (SSSR count). The monoisotopic (exact) mass is 503 g/mol. The van der Waals surface area contributed by atoms with E-state index < -0.39 is 42.7 Å². The Labute approximate surface area is 197 Å². The summed E-state index contributed by atoms with van der Waals surface area (Å²) >= 11 is 5.97. The van der Waals surface area contributed by atoms with Gasteiger partial charge >= 0.3 is 7.82 Å². The largest absolute Gasteiger partial charge is 0.475 e. The topological polar surface area (TPSA) is 155 Å². The Morgan fingerprint density at radius 3 is 2.39 bits per heavy atom. The lowest BCUT2D eigenvalue weighted by atomic mass is 10.0. The van der Waals surface area contributed by atoms with Crippen LogP contribution in [0.4, 0.5) is 5.82 Å². The molecule has 0 radical (unpaired) electrons. The first-order chi connectivity index (χ1) is 15.1. The molecule has 2 aromatic heterocycles. The van der Waals surface area contributed by atoms with Gasteiger partial charge in [-0.2, -0.15) is 9.97 Å². The molecular weight excluding hydrogens is 473 g/mol. The summed E-state index contributed by atoms with van der Waals surface area (Å²) < 4.78 is 32.2. The summed E-state index contributed by atoms with van der Waals surface area (Å²) in [7, 11) is -3.98. The van der Waals surface area contributed by atoms with Crippen LogP contribution < -0.4 is 5.73 Å². The number of aliphatic hydroxyl groups is 2. The lowest BCUT2D eigenvalue weighted by Crippen LogP contribution is -2.36. The van der Waals surface area contributed by atoms with E-state index in [1.807, 2.05) is 0 Å². The Morgan fingerprint density at radius 2 is 1.82 bits per heavy atom. The predicted octanol–water partition coefficient (Wildman–Crippen LogP) is 3.10. The number of rotatable bonds is 6. The van der Waals surface area contributed by atoms with E-state index in [0.29, 0.717) is 17.6 Å². The molecule has 0 spiro atoms. The van der Waals surface area contributed by atoms with Crippen LogP contribution in [0.25, 0.3) is 11.2 Å². The first-order valence-electron chi connectivity index (χ1n) is 10.7. The summed E-state index contributed by atoms with van der Waals surface area (Å²) in [6, 6.07) is -0.551. The van der Waals surface area contributed by atoms with Crippen molar-refractivity contribution in [3.05, 3.63) is 11.6 Å². The molecule has 0 bridgehead atoms. The molecule has 0 unspecified atom stereocenters. The smallest absolute Gasteiger partial charge is 0.390 e. The van der Waals surface area contributed by atoms with E-state index in [2.05, 4.69) is 15.0 Å². The van der Waals surface area contributed by atoms with Gasteiger partial charge in [0.1, 0.15) is 11.6 Å². The molecule has 13 heteroatoms. The Hall–Kier alpha value is -1.33. The van der Waals surface area contributed by atoms with E-state index in [-0.39, 0.29) is 23.6 Å². The SMILES string of the molecule is CC(C)(C)OP(=O)(OC[C@@]12C[C@@H]1[C@@H](n1cnc3c(N)nc(Cl)nc31)[C@H](O)[C@@H]2O)OC(C)(C)C. The quantitative estimate of drug-likeness (QED) is 0.395. The van der Waals surface area contributed by atoms with Crippen molar-refractivity contribution in [3.63, 3.8) is 0 Å². The summed E-state index contributed by atoms with van der Waals surface area (Å²) in [6.07, 6.45) is -0.226. The van der Waals surface area contributed by atoms with Gasteiger partial charge in [0.05, 0.1) is 36.3 Å². The van der Waals surface area contributed by atoms with E-state index in [9.17, 15) is 14.8 Å². The molecule has 33 heavy (non-hydrogen) atoms. The standard InChI is InChI=1S/C20H31ClN5O6P/c1-18(2,3)31-33(29,32-19(4,5)6)30-8-20-7-10(20)12(13(27)14(20)28)26-9-23-11-15(22)24-17(21)25-16(11)26/h9-10,12-14,27-28H,7-8H2,1-6H3,(H2,22,24,25)/t10-,12-,13+,14+,20+/m1/s1. The van der Waals surface area contributed by atoms with Crippen molar-refractivity contribution in [1.82, 2.24) is 19.5 Å². The van der Waals surface area contributed by atoms with Gasteiger partial charge in [-0.15, -0.1) is 0 Å². The summed E-state index contributed by atoms with van der Waals surface area (Å²) in [5.74, 6) is -0.0608. The van der Waals surface area contributed by atoms with Crippen molar-refractivity contribution in [3.8, 4) is 0 Å². The Balaban J connectivity index is 1.59. The van der Waals surface area contributed by atoms with Gasteiger partial charge in [0.25, 0.3) is 0 Å². The average molecular weight is 504 g/mol. The molecule has 184 valence electrons. The normalized spacial score (nSPS) is 30.1. The second kappa shape index (κ2) is 7.84. The van der Waals surface area contributed by atoms with Crippen molar-refractivity contribution in [2.24, 2.45) is 11.3 Å². The highest BCUT2D eigenvalue weighted by atomic mass is 35.5. The first kappa shape index (κ1) is 24.8. The molecule has 2 fully saturated rings. The van der Waals surface area contributed by atoms with Crippen LogP contribution in [0.1, 0.15) is 54.0 Å². The zero-order valence-corrected chi connectivity index (χ0v) is 21.2. The molecule has 2 saturated carbocycles. The maximum Gasteiger partial charge on any atom is 0.475 e. The summed E-state index contributed by atoms with van der Waals surface area (Å²) in [6.45, 7) is 10.4. The van der Waals surface area contributed by atoms with Crippen molar-refractivity contribution in [2.75, 3.05) is 12.3 Å². The molecule has 2 aromatic rings. The number of nitrogens with two attached hydrogens (primary N) is 1. The van der Waals surface area contributed by atoms with E-state index in [1.54, 1.807) is 46.1 Å². The number of imidazole rings is 1. The van der Waals surface area contributed by atoms with Crippen LogP contribution in [0, 0.1) is 11.3 Å². The lowest BCUT2D eigenvalue weighted by molar-refractivity contribution is -0.0419. The lowest BCUT2D eigenvalue weighted by Gasteiger charge is -2.32. The fraction of sp³-hybridized carbons (Fsp3) is 0.750. The third-order valence-electron chi connectivity index (χ3n) is 5.86. The van der Waals surface area contributed by atoms with Crippen LogP contribution >= 0.6 is 19.4 Å². The Morgan fingerprint density at radius 1 is 1.21 bits per heavy atom. The Kier molecular flexibility index (Phi) is 5.89. The van der Waals surface area contributed by atoms with Gasteiger partial charge in [0, 0.05) is 5.41 Å². The molecule has 2 aliphatic rings. The summed E-state index contributed by atoms with van der Waals surface area (Å²) in [4.78, 5) is 12.4. The van der Waals surface area contributed by atoms with Gasteiger partial charge in [0.15, 0.2) is 11.5 Å². The number of aromatic nitrogens is 4. The minimum absolute atomic E-state index is 0.0419. The van der Waals surface area contributed by atoms with Crippen LogP contribution in [0.5, 0.6) is 0 Å². The molecule has 0 amide bonds. The molecule has 11 nitrogen and oxygen atoms in total. The number of phosphoric ester groups is 1. The fourth-order valence-electron chi connectivity index (χ4n) is 4.60. The van der Waals surface area contributed by atoms with Gasteiger partial charge in [-0.1, -0.05) is 0 Å². The first-order valence-corrected chi connectivity index (χ1v) is 12.6. The third-order valence-corrected chi connectivity index (χ3v) is 8.02. The van der Waals surface area contributed by atoms with Crippen LogP contribution in [-0.4, -0.2) is 59.7 Å². The molecule has 2 heterocycles. The molecule has 0 aromatic carbocycles. The van der Waals surface area contributed by atoms with E-state index in [0.717, 1.165) is 0 Å². The predicted molar refractivity (Wildman–Crippen MR) is 122 cm³/mol.